The summed E-state index contributed by atoms with van der Waals surface area (Å²) in [6, 6.07) is 16.7. The monoisotopic (exact) mass is 345 g/mol. The van der Waals surface area contributed by atoms with E-state index in [0.717, 1.165) is 5.69 Å². The van der Waals surface area contributed by atoms with E-state index < -0.39 is 0 Å². The molecule has 2 heterocycles. The molecule has 2 aromatic heterocycles. The van der Waals surface area contributed by atoms with E-state index in [9.17, 15) is 4.79 Å². The van der Waals surface area contributed by atoms with Crippen LogP contribution in [0.5, 0.6) is 11.6 Å². The third-order valence-corrected chi connectivity index (χ3v) is 4.29. The standard InChI is InChI=1S/C21H19N3O2/c25-21(24(15-16-8-9-16)18-5-4-12-22-14-18)17-10-11-20(23-13-17)26-19-6-2-1-3-7-19/h1-7,10-14,16H,8-9,15H2. The fourth-order valence-electron chi connectivity index (χ4n) is 2.71. The summed E-state index contributed by atoms with van der Waals surface area (Å²) < 4.78 is 5.69. The van der Waals surface area contributed by atoms with Crippen molar-refractivity contribution in [3.63, 3.8) is 0 Å². The summed E-state index contributed by atoms with van der Waals surface area (Å²) in [7, 11) is 0. The van der Waals surface area contributed by atoms with Gasteiger partial charge >= 0.3 is 0 Å². The lowest BCUT2D eigenvalue weighted by Gasteiger charge is -2.22. The summed E-state index contributed by atoms with van der Waals surface area (Å²) in [5.74, 6) is 1.68. The third kappa shape index (κ3) is 3.88. The molecule has 130 valence electrons. The quantitative estimate of drug-likeness (QED) is 0.667. The molecule has 0 spiro atoms. The van der Waals surface area contributed by atoms with Crippen molar-refractivity contribution in [3.8, 4) is 11.6 Å². The van der Waals surface area contributed by atoms with Crippen LogP contribution in [0.15, 0.2) is 73.2 Å². The van der Waals surface area contributed by atoms with Gasteiger partial charge in [-0.05, 0) is 49.1 Å². The van der Waals surface area contributed by atoms with Gasteiger partial charge in [-0.2, -0.15) is 0 Å². The molecule has 5 nitrogen and oxygen atoms in total. The van der Waals surface area contributed by atoms with Gasteiger partial charge in [0.1, 0.15) is 5.75 Å². The zero-order chi connectivity index (χ0) is 17.8. The average molecular weight is 345 g/mol. The van der Waals surface area contributed by atoms with Crippen LogP contribution in [0.25, 0.3) is 0 Å². The highest BCUT2D eigenvalue weighted by Gasteiger charge is 2.28. The van der Waals surface area contributed by atoms with Gasteiger partial charge < -0.3 is 9.64 Å². The highest BCUT2D eigenvalue weighted by Crippen LogP contribution is 2.32. The predicted octanol–water partition coefficient (Wildman–Crippen LogP) is 4.33. The number of ether oxygens (including phenoxy) is 1. The fraction of sp³-hybridized carbons (Fsp3) is 0.190. The second-order valence-electron chi connectivity index (χ2n) is 6.37. The van der Waals surface area contributed by atoms with Crippen LogP contribution in [0.1, 0.15) is 23.2 Å². The van der Waals surface area contributed by atoms with E-state index in [0.29, 0.717) is 29.7 Å². The zero-order valence-corrected chi connectivity index (χ0v) is 14.3. The minimum atomic E-state index is -0.0661. The van der Waals surface area contributed by atoms with Crippen LogP contribution in [-0.2, 0) is 0 Å². The topological polar surface area (TPSA) is 55.3 Å². The van der Waals surface area contributed by atoms with E-state index in [1.54, 1.807) is 35.6 Å². The molecule has 1 fully saturated rings. The normalized spacial score (nSPS) is 13.2. The Morgan fingerprint density at radius 2 is 1.88 bits per heavy atom. The summed E-state index contributed by atoms with van der Waals surface area (Å²) in [4.78, 5) is 23.2. The Labute approximate surface area is 152 Å². The Balaban J connectivity index is 1.52. The molecule has 1 aliphatic carbocycles. The molecule has 1 aromatic carbocycles. The first-order chi connectivity index (χ1) is 12.8. The van der Waals surface area contributed by atoms with Crippen molar-refractivity contribution < 1.29 is 9.53 Å². The molecule has 5 heteroatoms. The molecular formula is C21H19N3O2. The lowest BCUT2D eigenvalue weighted by molar-refractivity contribution is 0.0985. The molecule has 0 aliphatic heterocycles. The molecule has 1 saturated carbocycles. The van der Waals surface area contributed by atoms with Crippen molar-refractivity contribution in [2.24, 2.45) is 5.92 Å². The van der Waals surface area contributed by atoms with E-state index in [2.05, 4.69) is 9.97 Å². The number of para-hydroxylation sites is 1. The predicted molar refractivity (Wildman–Crippen MR) is 99.4 cm³/mol. The molecule has 3 aromatic rings. The molecule has 1 amide bonds. The lowest BCUT2D eigenvalue weighted by Crippen LogP contribution is -2.33. The first kappa shape index (κ1) is 16.3. The van der Waals surface area contributed by atoms with Crippen LogP contribution >= 0.6 is 0 Å². The number of benzene rings is 1. The van der Waals surface area contributed by atoms with Crippen LogP contribution in [-0.4, -0.2) is 22.4 Å². The number of hydrogen-bond acceptors (Lipinski definition) is 4. The van der Waals surface area contributed by atoms with Gasteiger partial charge in [0, 0.05) is 25.0 Å². The summed E-state index contributed by atoms with van der Waals surface area (Å²) in [6.07, 6.45) is 7.34. The molecule has 0 radical (unpaired) electrons. The second kappa shape index (κ2) is 7.35. The van der Waals surface area contributed by atoms with Crippen LogP contribution in [0.3, 0.4) is 0 Å². The first-order valence-electron chi connectivity index (χ1n) is 8.70. The number of carbonyl (C=O) groups is 1. The largest absolute Gasteiger partial charge is 0.439 e. The van der Waals surface area contributed by atoms with Gasteiger partial charge in [-0.1, -0.05) is 18.2 Å². The van der Waals surface area contributed by atoms with Crippen LogP contribution in [0, 0.1) is 5.92 Å². The number of amides is 1. The van der Waals surface area contributed by atoms with Crippen molar-refractivity contribution in [1.29, 1.82) is 0 Å². The van der Waals surface area contributed by atoms with Gasteiger partial charge in [0.25, 0.3) is 5.91 Å². The zero-order valence-electron chi connectivity index (χ0n) is 14.3. The van der Waals surface area contributed by atoms with Gasteiger partial charge in [-0.15, -0.1) is 0 Å². The molecule has 0 N–H and O–H groups in total. The minimum absolute atomic E-state index is 0.0661. The highest BCUT2D eigenvalue weighted by atomic mass is 16.5. The number of nitrogens with zero attached hydrogens (tertiary/aromatic N) is 3. The average Bonchev–Trinajstić information content (AvgIpc) is 3.52. The fourth-order valence-corrected chi connectivity index (χ4v) is 2.71. The van der Waals surface area contributed by atoms with E-state index in [4.69, 9.17) is 4.74 Å². The van der Waals surface area contributed by atoms with Gasteiger partial charge in [0.15, 0.2) is 0 Å². The van der Waals surface area contributed by atoms with Crippen molar-refractivity contribution in [3.05, 3.63) is 78.8 Å². The smallest absolute Gasteiger partial charge is 0.259 e. The number of rotatable bonds is 6. The lowest BCUT2D eigenvalue weighted by atomic mass is 10.2. The highest BCUT2D eigenvalue weighted by molar-refractivity contribution is 6.05. The Morgan fingerprint density at radius 3 is 2.54 bits per heavy atom. The van der Waals surface area contributed by atoms with Crippen molar-refractivity contribution in [2.45, 2.75) is 12.8 Å². The maximum atomic E-state index is 13.0. The van der Waals surface area contributed by atoms with E-state index in [-0.39, 0.29) is 5.91 Å². The SMILES string of the molecule is O=C(c1ccc(Oc2ccccc2)nc1)N(CC1CC1)c1cccnc1. The molecule has 0 unspecified atom stereocenters. The van der Waals surface area contributed by atoms with Crippen LogP contribution < -0.4 is 9.64 Å². The van der Waals surface area contributed by atoms with E-state index >= 15 is 0 Å². The van der Waals surface area contributed by atoms with Crippen molar-refractivity contribution in [2.75, 3.05) is 11.4 Å². The molecule has 0 saturated heterocycles. The number of aromatic nitrogens is 2. The summed E-state index contributed by atoms with van der Waals surface area (Å²) in [5.41, 5.74) is 1.35. The molecular weight excluding hydrogens is 326 g/mol. The Kier molecular flexibility index (Phi) is 4.60. The minimum Gasteiger partial charge on any atom is -0.439 e. The van der Waals surface area contributed by atoms with Crippen LogP contribution in [0.2, 0.25) is 0 Å². The van der Waals surface area contributed by atoms with Crippen molar-refractivity contribution in [1.82, 2.24) is 9.97 Å². The number of pyridine rings is 2. The molecule has 0 bridgehead atoms. The summed E-state index contributed by atoms with van der Waals surface area (Å²) in [5, 5.41) is 0. The number of anilines is 1. The third-order valence-electron chi connectivity index (χ3n) is 4.29. The van der Waals surface area contributed by atoms with Crippen LogP contribution in [0.4, 0.5) is 5.69 Å². The molecule has 0 atom stereocenters. The Bertz CT molecular complexity index is 863. The summed E-state index contributed by atoms with van der Waals surface area (Å²) >= 11 is 0. The number of carbonyl (C=O) groups excluding carboxylic acids is 1. The van der Waals surface area contributed by atoms with Gasteiger partial charge in [-0.25, -0.2) is 4.98 Å². The van der Waals surface area contributed by atoms with Crippen molar-refractivity contribution >= 4 is 11.6 Å². The molecule has 26 heavy (non-hydrogen) atoms. The maximum absolute atomic E-state index is 13.0. The first-order valence-corrected chi connectivity index (χ1v) is 8.70. The maximum Gasteiger partial charge on any atom is 0.259 e. The van der Waals surface area contributed by atoms with E-state index in [1.165, 1.54) is 12.8 Å². The molecule has 1 aliphatic rings. The van der Waals surface area contributed by atoms with Gasteiger partial charge in [0.2, 0.25) is 5.88 Å². The van der Waals surface area contributed by atoms with Gasteiger partial charge in [0.05, 0.1) is 17.4 Å². The van der Waals surface area contributed by atoms with E-state index in [1.807, 2.05) is 42.5 Å². The Hall–Kier alpha value is -3.21. The second-order valence-corrected chi connectivity index (χ2v) is 6.37. The van der Waals surface area contributed by atoms with Gasteiger partial charge in [-0.3, -0.25) is 9.78 Å². The Morgan fingerprint density at radius 1 is 1.04 bits per heavy atom. The molecule has 4 rings (SSSR count). The number of hydrogen-bond donors (Lipinski definition) is 0. The summed E-state index contributed by atoms with van der Waals surface area (Å²) in [6.45, 7) is 0.715.